The van der Waals surface area contributed by atoms with Crippen LogP contribution in [0.25, 0.3) is 0 Å². The van der Waals surface area contributed by atoms with E-state index in [-0.39, 0.29) is 24.2 Å². The zero-order valence-corrected chi connectivity index (χ0v) is 25.8. The molecular weight excluding hydrogens is 625 g/mol. The van der Waals surface area contributed by atoms with E-state index in [1.54, 1.807) is 28.0 Å². The molecule has 3 heterocycles. The van der Waals surface area contributed by atoms with Gasteiger partial charge in [0.2, 0.25) is 5.91 Å². The molecule has 0 radical (unpaired) electrons. The van der Waals surface area contributed by atoms with Crippen LogP contribution in [0.5, 0.6) is 5.75 Å². The maximum absolute atomic E-state index is 14.2. The number of ether oxygens (including phenoxy) is 1. The van der Waals surface area contributed by atoms with Gasteiger partial charge < -0.3 is 24.2 Å². The predicted molar refractivity (Wildman–Crippen MR) is 161 cm³/mol. The van der Waals surface area contributed by atoms with E-state index >= 15 is 0 Å². The Morgan fingerprint density at radius 1 is 1.09 bits per heavy atom. The largest absolute Gasteiger partial charge is 0.485 e. The van der Waals surface area contributed by atoms with Gasteiger partial charge >= 0.3 is 12.1 Å². The third kappa shape index (κ3) is 6.44. The van der Waals surface area contributed by atoms with Gasteiger partial charge in [0.15, 0.2) is 0 Å². The van der Waals surface area contributed by atoms with Gasteiger partial charge in [-0.15, -0.1) is 0 Å². The van der Waals surface area contributed by atoms with E-state index in [9.17, 15) is 32.7 Å². The second-order valence-corrected chi connectivity index (χ2v) is 12.5. The normalized spacial score (nSPS) is 21.2. The predicted octanol–water partition coefficient (Wildman–Crippen LogP) is 6.04. The highest BCUT2D eigenvalue weighted by atomic mass is 35.5. The first-order valence-corrected chi connectivity index (χ1v) is 15.8. The molecule has 9 nitrogen and oxygen atoms in total. The van der Waals surface area contributed by atoms with Crippen molar-refractivity contribution in [3.05, 3.63) is 81.9 Å². The molecule has 0 bridgehead atoms. The quantitative estimate of drug-likeness (QED) is 0.301. The van der Waals surface area contributed by atoms with Crippen molar-refractivity contribution in [3.8, 4) is 5.75 Å². The van der Waals surface area contributed by atoms with Gasteiger partial charge in [-0.2, -0.15) is 13.2 Å². The zero-order valence-electron chi connectivity index (χ0n) is 25.0. The van der Waals surface area contributed by atoms with Crippen LogP contribution in [-0.4, -0.2) is 61.5 Å². The topological polar surface area (TPSA) is 105 Å². The summed E-state index contributed by atoms with van der Waals surface area (Å²) in [7, 11) is 0. The van der Waals surface area contributed by atoms with Crippen molar-refractivity contribution in [2.75, 3.05) is 13.1 Å². The molecule has 6 rings (SSSR count). The van der Waals surface area contributed by atoms with Gasteiger partial charge in [0.25, 0.3) is 5.91 Å². The molecule has 1 aromatic heterocycles. The van der Waals surface area contributed by atoms with Crippen LogP contribution in [0, 0.1) is 11.8 Å². The first-order chi connectivity index (χ1) is 22.0. The van der Waals surface area contributed by atoms with E-state index in [0.29, 0.717) is 67.2 Å². The monoisotopic (exact) mass is 658 g/mol. The molecule has 0 spiro atoms. The summed E-state index contributed by atoms with van der Waals surface area (Å²) in [4.78, 5) is 47.1. The summed E-state index contributed by atoms with van der Waals surface area (Å²) >= 11 is 6.69. The molecule has 1 aliphatic carbocycles. The summed E-state index contributed by atoms with van der Waals surface area (Å²) in [5.41, 5.74) is 2.92. The number of benzene rings is 2. The Morgan fingerprint density at radius 3 is 2.59 bits per heavy atom. The number of carbonyl (C=O) groups is 3. The lowest BCUT2D eigenvalue weighted by Gasteiger charge is -2.42. The molecule has 1 N–H and O–H groups in total. The fraction of sp³-hybridized carbons (Fsp3) is 0.455. The maximum atomic E-state index is 14.2. The number of fused-ring (bicyclic) bond motifs is 2. The number of aromatic nitrogens is 2. The number of imidazole rings is 1. The fourth-order valence-electron chi connectivity index (χ4n) is 7.14. The first kappa shape index (κ1) is 31.9. The zero-order chi connectivity index (χ0) is 32.6. The number of rotatable bonds is 9. The molecule has 3 aliphatic rings. The lowest BCUT2D eigenvalue weighted by molar-refractivity contribution is -0.153. The number of carboxylic acids is 1. The molecule has 2 amide bonds. The Labute approximate surface area is 268 Å². The maximum Gasteiger partial charge on any atom is 0.406 e. The third-order valence-electron chi connectivity index (χ3n) is 9.33. The van der Waals surface area contributed by atoms with Crippen LogP contribution in [0.4, 0.5) is 13.2 Å². The molecule has 3 atom stereocenters. The van der Waals surface area contributed by atoms with E-state index in [0.717, 1.165) is 28.5 Å². The van der Waals surface area contributed by atoms with Crippen LogP contribution in [-0.2, 0) is 35.7 Å². The van der Waals surface area contributed by atoms with Crippen molar-refractivity contribution in [2.45, 2.75) is 70.4 Å². The molecule has 46 heavy (non-hydrogen) atoms. The van der Waals surface area contributed by atoms with Gasteiger partial charge in [0.1, 0.15) is 24.7 Å². The third-order valence-corrected chi connectivity index (χ3v) is 9.69. The standard InChI is InChI=1S/C33H34ClF3N4O5/c34-25-9-10-27(46-18-28-38-13-16-40(28)19-33(35,36)37)29-24(25)11-15-41(31(43)22-7-3-4-8-23(22)32(44)45)26(29)12-14-39-17-20-5-1-2-6-21(20)30(39)42/h1-2,5-6,9-10,13,16,22-23,26H,3-4,7-8,11-12,14-15,17-19H2,(H,44,45)/t22-,23+,26-/m1/s1. The minimum Gasteiger partial charge on any atom is -0.485 e. The van der Waals surface area contributed by atoms with Crippen molar-refractivity contribution >= 4 is 29.4 Å². The number of aliphatic carboxylic acids is 1. The van der Waals surface area contributed by atoms with E-state index < -0.39 is 36.6 Å². The number of hydrogen-bond acceptors (Lipinski definition) is 5. The number of hydrogen-bond donors (Lipinski definition) is 1. The summed E-state index contributed by atoms with van der Waals surface area (Å²) in [6, 6.07) is 10.1. The van der Waals surface area contributed by atoms with E-state index in [4.69, 9.17) is 16.3 Å². The van der Waals surface area contributed by atoms with Gasteiger partial charge in [0, 0.05) is 48.2 Å². The number of amides is 2. The average Bonchev–Trinajstić information content (AvgIpc) is 3.60. The van der Waals surface area contributed by atoms with Crippen LogP contribution in [0.3, 0.4) is 0 Å². The van der Waals surface area contributed by atoms with Crippen LogP contribution in [0.2, 0.25) is 5.02 Å². The van der Waals surface area contributed by atoms with Crippen molar-refractivity contribution in [1.29, 1.82) is 0 Å². The Kier molecular flexibility index (Phi) is 9.00. The number of halogens is 4. The molecule has 2 aliphatic heterocycles. The van der Waals surface area contributed by atoms with E-state index in [1.807, 2.05) is 18.2 Å². The Hall–Kier alpha value is -4.06. The van der Waals surface area contributed by atoms with Gasteiger partial charge in [0.05, 0.1) is 17.9 Å². The lowest BCUT2D eigenvalue weighted by atomic mass is 9.77. The lowest BCUT2D eigenvalue weighted by Crippen LogP contribution is -2.47. The molecule has 0 saturated heterocycles. The van der Waals surface area contributed by atoms with Gasteiger partial charge in [-0.05, 0) is 55.0 Å². The van der Waals surface area contributed by atoms with Gasteiger partial charge in [-0.1, -0.05) is 42.6 Å². The summed E-state index contributed by atoms with van der Waals surface area (Å²) in [6.07, 6.45) is 1.15. The van der Waals surface area contributed by atoms with E-state index in [2.05, 4.69) is 4.98 Å². The molecule has 1 fully saturated rings. The second-order valence-electron chi connectivity index (χ2n) is 12.1. The van der Waals surface area contributed by atoms with Crippen molar-refractivity contribution in [2.24, 2.45) is 11.8 Å². The minimum atomic E-state index is -4.44. The van der Waals surface area contributed by atoms with Crippen LogP contribution < -0.4 is 4.74 Å². The molecule has 1 saturated carbocycles. The molecule has 13 heteroatoms. The molecular formula is C33H34ClF3N4O5. The molecule has 0 unspecified atom stereocenters. The molecule has 3 aromatic rings. The van der Waals surface area contributed by atoms with E-state index in [1.165, 1.54) is 12.4 Å². The highest BCUT2D eigenvalue weighted by molar-refractivity contribution is 6.31. The van der Waals surface area contributed by atoms with Gasteiger partial charge in [-0.25, -0.2) is 4.98 Å². The Bertz CT molecular complexity index is 1640. The number of alkyl halides is 3. The highest BCUT2D eigenvalue weighted by Crippen LogP contribution is 2.44. The first-order valence-electron chi connectivity index (χ1n) is 15.4. The van der Waals surface area contributed by atoms with Crippen LogP contribution in [0.15, 0.2) is 48.8 Å². The summed E-state index contributed by atoms with van der Waals surface area (Å²) in [5, 5.41) is 10.4. The number of nitrogens with zero attached hydrogens (tertiary/aromatic N) is 4. The summed E-state index contributed by atoms with van der Waals surface area (Å²) in [6.45, 7) is -0.453. The minimum absolute atomic E-state index is 0.0771. The summed E-state index contributed by atoms with van der Waals surface area (Å²) < 4.78 is 46.6. The summed E-state index contributed by atoms with van der Waals surface area (Å²) in [5.74, 6) is -2.42. The van der Waals surface area contributed by atoms with Crippen LogP contribution >= 0.6 is 11.6 Å². The second kappa shape index (κ2) is 13.0. The van der Waals surface area contributed by atoms with Crippen LogP contribution in [0.1, 0.15) is 71.0 Å². The van der Waals surface area contributed by atoms with Crippen molar-refractivity contribution < 1.29 is 37.4 Å². The highest BCUT2D eigenvalue weighted by Gasteiger charge is 2.43. The molecule has 2 aromatic carbocycles. The van der Waals surface area contributed by atoms with Crippen molar-refractivity contribution in [3.63, 3.8) is 0 Å². The van der Waals surface area contributed by atoms with Gasteiger partial charge in [-0.3, -0.25) is 14.4 Å². The Balaban J connectivity index is 1.32. The average molecular weight is 659 g/mol. The number of carbonyl (C=O) groups excluding carboxylic acids is 2. The Morgan fingerprint density at radius 2 is 1.85 bits per heavy atom. The van der Waals surface area contributed by atoms with Crippen molar-refractivity contribution in [1.82, 2.24) is 19.4 Å². The number of carboxylic acid groups (broad SMARTS) is 1. The fourth-order valence-corrected chi connectivity index (χ4v) is 7.40. The smallest absolute Gasteiger partial charge is 0.406 e. The SMILES string of the molecule is O=C(O)[C@H]1CCCC[C@H]1C(=O)N1CCc2c(Cl)ccc(OCc3nccn3CC(F)(F)F)c2[C@H]1CCN1Cc2ccccc2C1=O. The molecule has 244 valence electrons.